The van der Waals surface area contributed by atoms with Crippen LogP contribution < -0.4 is 0 Å². The van der Waals surface area contributed by atoms with Gasteiger partial charge >= 0.3 is 0 Å². The maximum atomic E-state index is 5.59. The maximum absolute atomic E-state index is 5.59. The topological polar surface area (TPSA) is 25.8 Å². The first-order valence-corrected chi connectivity index (χ1v) is 5.76. The minimum absolute atomic E-state index is 0.457. The van der Waals surface area contributed by atoms with Crippen molar-refractivity contribution in [3.05, 3.63) is 18.1 Å². The molecule has 0 bridgehead atoms. The van der Waals surface area contributed by atoms with E-state index in [9.17, 15) is 0 Å². The Morgan fingerprint density at radius 2 is 2.23 bits per heavy atom. The van der Waals surface area contributed by atoms with Crippen LogP contribution in [0.5, 0.6) is 0 Å². The van der Waals surface area contributed by atoms with Gasteiger partial charge in [0.1, 0.15) is 6.33 Å². The first-order chi connectivity index (χ1) is 6.24. The van der Waals surface area contributed by atoms with Crippen LogP contribution in [-0.4, -0.2) is 21.6 Å². The van der Waals surface area contributed by atoms with Gasteiger partial charge < -0.3 is 0 Å². The molecule has 1 heterocycles. The lowest BCUT2D eigenvalue weighted by Crippen LogP contribution is -1.94. The van der Waals surface area contributed by atoms with Crippen LogP contribution in [0.4, 0.5) is 0 Å². The van der Waals surface area contributed by atoms with E-state index in [4.69, 9.17) is 11.6 Å². The zero-order valence-electron chi connectivity index (χ0n) is 7.83. The molecule has 4 heteroatoms. The van der Waals surface area contributed by atoms with Crippen molar-refractivity contribution in [1.82, 2.24) is 9.97 Å². The van der Waals surface area contributed by atoms with Crippen LogP contribution in [0.3, 0.4) is 0 Å². The molecule has 0 amide bonds. The molecule has 72 valence electrons. The summed E-state index contributed by atoms with van der Waals surface area (Å²) >= 11 is 7.26. The van der Waals surface area contributed by atoms with E-state index < -0.39 is 0 Å². The summed E-state index contributed by atoms with van der Waals surface area (Å²) in [6, 6.07) is 2.03. The highest BCUT2D eigenvalue weighted by Crippen LogP contribution is 2.18. The first kappa shape index (κ1) is 10.8. The molecule has 13 heavy (non-hydrogen) atoms. The van der Waals surface area contributed by atoms with Crippen molar-refractivity contribution in [1.29, 1.82) is 0 Å². The molecule has 0 saturated heterocycles. The second-order valence-corrected chi connectivity index (χ2v) is 4.47. The predicted molar refractivity (Wildman–Crippen MR) is 57.6 cm³/mol. The molecule has 1 aromatic heterocycles. The van der Waals surface area contributed by atoms with Gasteiger partial charge in [0.05, 0.1) is 5.03 Å². The monoisotopic (exact) mass is 216 g/mol. The van der Waals surface area contributed by atoms with Crippen molar-refractivity contribution in [3.8, 4) is 0 Å². The number of rotatable bonds is 4. The summed E-state index contributed by atoms with van der Waals surface area (Å²) in [5.74, 6) is 2.01. The molecular weight excluding hydrogens is 204 g/mol. The molecule has 2 nitrogen and oxygen atoms in total. The Balaban J connectivity index is 2.68. The number of alkyl halides is 1. The number of nitrogens with zero attached hydrogens (tertiary/aromatic N) is 2. The lowest BCUT2D eigenvalue weighted by molar-refractivity contribution is 0.800. The minimum Gasteiger partial charge on any atom is -0.241 e. The number of halogens is 1. The van der Waals surface area contributed by atoms with E-state index in [2.05, 4.69) is 23.8 Å². The molecule has 1 rings (SSSR count). The highest BCUT2D eigenvalue weighted by Gasteiger charge is 2.02. The Morgan fingerprint density at radius 1 is 1.46 bits per heavy atom. The average Bonchev–Trinajstić information content (AvgIpc) is 2.15. The Kier molecular flexibility index (Phi) is 4.53. The predicted octanol–water partition coefficient (Wildman–Crippen LogP) is 2.93. The standard InChI is InChI=1S/C9H13ClN2S/c1-7(2)8-5-9(12-6-11-8)13-4-3-10/h5-7H,3-4H2,1-2H3. The van der Waals surface area contributed by atoms with E-state index in [1.807, 2.05) is 6.07 Å². The zero-order chi connectivity index (χ0) is 9.68. The highest BCUT2D eigenvalue weighted by atomic mass is 35.5. The fourth-order valence-corrected chi connectivity index (χ4v) is 1.73. The largest absolute Gasteiger partial charge is 0.241 e. The van der Waals surface area contributed by atoms with Gasteiger partial charge in [-0.05, 0) is 12.0 Å². The Bertz CT molecular complexity index is 266. The van der Waals surface area contributed by atoms with Crippen molar-refractivity contribution in [2.45, 2.75) is 24.8 Å². The summed E-state index contributed by atoms with van der Waals surface area (Å²) in [5, 5.41) is 1.01. The van der Waals surface area contributed by atoms with Gasteiger partial charge in [0.25, 0.3) is 0 Å². The third kappa shape index (κ3) is 3.53. The molecule has 0 aromatic carbocycles. The van der Waals surface area contributed by atoms with Crippen molar-refractivity contribution >= 4 is 23.4 Å². The van der Waals surface area contributed by atoms with Crippen molar-refractivity contribution in [2.75, 3.05) is 11.6 Å². The Hall–Kier alpha value is -0.280. The lowest BCUT2D eigenvalue weighted by atomic mass is 10.1. The third-order valence-corrected chi connectivity index (χ3v) is 2.92. The zero-order valence-corrected chi connectivity index (χ0v) is 9.40. The van der Waals surface area contributed by atoms with Crippen LogP contribution in [0.25, 0.3) is 0 Å². The summed E-state index contributed by atoms with van der Waals surface area (Å²) in [4.78, 5) is 8.34. The molecule has 0 aliphatic heterocycles. The maximum Gasteiger partial charge on any atom is 0.116 e. The quantitative estimate of drug-likeness (QED) is 0.440. The van der Waals surface area contributed by atoms with Gasteiger partial charge in [-0.3, -0.25) is 0 Å². The highest BCUT2D eigenvalue weighted by molar-refractivity contribution is 7.99. The smallest absolute Gasteiger partial charge is 0.116 e. The van der Waals surface area contributed by atoms with Crippen LogP contribution in [0, 0.1) is 0 Å². The van der Waals surface area contributed by atoms with Gasteiger partial charge in [-0.2, -0.15) is 0 Å². The van der Waals surface area contributed by atoms with Crippen molar-refractivity contribution in [3.63, 3.8) is 0 Å². The van der Waals surface area contributed by atoms with Crippen LogP contribution in [0.2, 0.25) is 0 Å². The van der Waals surface area contributed by atoms with Gasteiger partial charge in [0.2, 0.25) is 0 Å². The van der Waals surface area contributed by atoms with Gasteiger partial charge in [-0.15, -0.1) is 23.4 Å². The molecule has 0 spiro atoms. The van der Waals surface area contributed by atoms with Crippen LogP contribution in [-0.2, 0) is 0 Å². The average molecular weight is 217 g/mol. The summed E-state index contributed by atoms with van der Waals surface area (Å²) in [6.45, 7) is 4.25. The fourth-order valence-electron chi connectivity index (χ4n) is 0.891. The van der Waals surface area contributed by atoms with E-state index in [-0.39, 0.29) is 0 Å². The number of hydrogen-bond donors (Lipinski definition) is 0. The van der Waals surface area contributed by atoms with E-state index >= 15 is 0 Å². The summed E-state index contributed by atoms with van der Waals surface area (Å²) in [6.07, 6.45) is 1.62. The molecule has 0 aliphatic carbocycles. The number of hydrogen-bond acceptors (Lipinski definition) is 3. The molecule has 0 fully saturated rings. The number of thioether (sulfide) groups is 1. The Labute approximate surface area is 88.1 Å². The van der Waals surface area contributed by atoms with Crippen LogP contribution in [0.15, 0.2) is 17.4 Å². The fraction of sp³-hybridized carbons (Fsp3) is 0.556. The van der Waals surface area contributed by atoms with Gasteiger partial charge in [-0.1, -0.05) is 13.8 Å². The Morgan fingerprint density at radius 3 is 2.85 bits per heavy atom. The van der Waals surface area contributed by atoms with Crippen LogP contribution in [0.1, 0.15) is 25.5 Å². The van der Waals surface area contributed by atoms with E-state index in [1.54, 1.807) is 18.1 Å². The summed E-state index contributed by atoms with van der Waals surface area (Å²) in [5.41, 5.74) is 1.09. The van der Waals surface area contributed by atoms with Crippen molar-refractivity contribution in [2.24, 2.45) is 0 Å². The SMILES string of the molecule is CC(C)c1cc(SCCCl)ncn1. The van der Waals surface area contributed by atoms with E-state index in [0.29, 0.717) is 11.8 Å². The molecule has 0 atom stereocenters. The summed E-state index contributed by atoms with van der Waals surface area (Å²) < 4.78 is 0. The normalized spacial score (nSPS) is 10.8. The second-order valence-electron chi connectivity index (χ2n) is 2.97. The molecule has 0 N–H and O–H groups in total. The van der Waals surface area contributed by atoms with E-state index in [0.717, 1.165) is 16.5 Å². The van der Waals surface area contributed by atoms with E-state index in [1.165, 1.54) is 0 Å². The minimum atomic E-state index is 0.457. The lowest BCUT2D eigenvalue weighted by Gasteiger charge is -2.04. The molecule has 0 aliphatic rings. The summed E-state index contributed by atoms with van der Waals surface area (Å²) in [7, 11) is 0. The van der Waals surface area contributed by atoms with Gasteiger partial charge in [0, 0.05) is 17.3 Å². The third-order valence-electron chi connectivity index (χ3n) is 1.58. The van der Waals surface area contributed by atoms with Crippen LogP contribution >= 0.6 is 23.4 Å². The first-order valence-electron chi connectivity index (χ1n) is 4.24. The number of aromatic nitrogens is 2. The second kappa shape index (κ2) is 5.45. The molecule has 0 unspecified atom stereocenters. The molecular formula is C9H13ClN2S. The van der Waals surface area contributed by atoms with Gasteiger partial charge in [0.15, 0.2) is 0 Å². The molecule has 1 aromatic rings. The molecule has 0 radical (unpaired) electrons. The molecule has 0 saturated carbocycles. The van der Waals surface area contributed by atoms with Gasteiger partial charge in [-0.25, -0.2) is 9.97 Å². The van der Waals surface area contributed by atoms with Crippen molar-refractivity contribution < 1.29 is 0 Å².